The minimum atomic E-state index is -2.11. The van der Waals surface area contributed by atoms with E-state index in [1.165, 1.54) is 36.4 Å². The van der Waals surface area contributed by atoms with Crippen LogP contribution in [0, 0.1) is 0 Å². The highest BCUT2D eigenvalue weighted by atomic mass is 16.6. The number of aliphatic carboxylic acids is 1. The molecule has 9 nitrogen and oxygen atoms in total. The Morgan fingerprint density at radius 1 is 0.743 bits per heavy atom. The van der Waals surface area contributed by atoms with E-state index >= 15 is 0 Å². The van der Waals surface area contributed by atoms with Crippen LogP contribution >= 0.6 is 0 Å². The summed E-state index contributed by atoms with van der Waals surface area (Å²) in [5.41, 5.74) is 0.446. The van der Waals surface area contributed by atoms with Gasteiger partial charge in [0.15, 0.2) is 0 Å². The van der Waals surface area contributed by atoms with Crippen LogP contribution in [0.25, 0.3) is 0 Å². The van der Waals surface area contributed by atoms with Gasteiger partial charge in [0.2, 0.25) is 12.2 Å². The Morgan fingerprint density at radius 3 is 1.69 bits per heavy atom. The summed E-state index contributed by atoms with van der Waals surface area (Å²) in [5.74, 6) is -4.04. The van der Waals surface area contributed by atoms with Crippen molar-refractivity contribution in [3.8, 4) is 5.75 Å². The van der Waals surface area contributed by atoms with Crippen molar-refractivity contribution in [3.05, 3.63) is 96.1 Å². The van der Waals surface area contributed by atoms with Gasteiger partial charge in [-0.15, -0.1) is 0 Å². The molecule has 2 N–H and O–H groups in total. The van der Waals surface area contributed by atoms with E-state index in [4.69, 9.17) is 14.2 Å². The quantitative estimate of drug-likeness (QED) is 0.424. The first kappa shape index (κ1) is 25.0. The zero-order valence-corrected chi connectivity index (χ0v) is 18.7. The number of carbonyl (C=O) groups excluding carboxylic acids is 3. The lowest BCUT2D eigenvalue weighted by molar-refractivity contribution is -0.157. The molecule has 0 aliphatic heterocycles. The normalized spacial score (nSPS) is 12.0. The number of ether oxygens (including phenoxy) is 3. The molecule has 0 bridgehead atoms. The first-order valence-corrected chi connectivity index (χ1v) is 10.7. The maximum absolute atomic E-state index is 13.1. The smallest absolute Gasteiger partial charge is 0.349 e. The van der Waals surface area contributed by atoms with Gasteiger partial charge < -0.3 is 24.6 Å². The Hall–Kier alpha value is -4.66. The van der Waals surface area contributed by atoms with Crippen molar-refractivity contribution in [1.82, 2.24) is 0 Å². The molecular formula is C26H23NO8. The van der Waals surface area contributed by atoms with Gasteiger partial charge in [0, 0.05) is 5.69 Å². The third-order valence-corrected chi connectivity index (χ3v) is 4.70. The third-order valence-electron chi connectivity index (χ3n) is 4.70. The summed E-state index contributed by atoms with van der Waals surface area (Å²) in [5, 5.41) is 12.3. The van der Waals surface area contributed by atoms with Gasteiger partial charge in [-0.05, 0) is 55.5 Å². The summed E-state index contributed by atoms with van der Waals surface area (Å²) in [6.45, 7) is 2.28. The van der Waals surface area contributed by atoms with E-state index in [0.717, 1.165) is 0 Å². The third kappa shape index (κ3) is 6.91. The number of carboxylic acids is 1. The largest absolute Gasteiger partial charge is 0.494 e. The number of rotatable bonds is 10. The molecule has 35 heavy (non-hydrogen) atoms. The average Bonchev–Trinajstić information content (AvgIpc) is 2.88. The first-order valence-electron chi connectivity index (χ1n) is 10.7. The molecule has 0 saturated carbocycles. The van der Waals surface area contributed by atoms with Gasteiger partial charge in [-0.25, -0.2) is 14.4 Å². The number of carboxylic acid groups (broad SMARTS) is 1. The van der Waals surface area contributed by atoms with Crippen LogP contribution in [0.3, 0.4) is 0 Å². The number of nitrogens with one attached hydrogen (secondary N) is 1. The van der Waals surface area contributed by atoms with Crippen molar-refractivity contribution in [1.29, 1.82) is 0 Å². The molecule has 0 aliphatic rings. The van der Waals surface area contributed by atoms with E-state index in [1.54, 1.807) is 48.5 Å². The van der Waals surface area contributed by atoms with Crippen LogP contribution < -0.4 is 10.1 Å². The van der Waals surface area contributed by atoms with Crippen LogP contribution in [0.1, 0.15) is 27.6 Å². The second-order valence-electron chi connectivity index (χ2n) is 7.17. The molecule has 3 rings (SSSR count). The molecule has 0 heterocycles. The summed E-state index contributed by atoms with van der Waals surface area (Å²) >= 11 is 0. The Balaban J connectivity index is 1.87. The summed E-state index contributed by atoms with van der Waals surface area (Å²) in [6.07, 6.45) is -4.10. The van der Waals surface area contributed by atoms with E-state index in [-0.39, 0.29) is 16.8 Å². The lowest BCUT2D eigenvalue weighted by Gasteiger charge is -2.23. The lowest BCUT2D eigenvalue weighted by atomic mass is 10.1. The highest BCUT2D eigenvalue weighted by molar-refractivity contribution is 6.01. The summed E-state index contributed by atoms with van der Waals surface area (Å²) < 4.78 is 15.7. The van der Waals surface area contributed by atoms with Gasteiger partial charge >= 0.3 is 17.9 Å². The first-order chi connectivity index (χ1) is 16.9. The van der Waals surface area contributed by atoms with Gasteiger partial charge in [0.25, 0.3) is 5.91 Å². The Morgan fingerprint density at radius 2 is 1.23 bits per heavy atom. The fourth-order valence-electron chi connectivity index (χ4n) is 3.02. The Labute approximate surface area is 201 Å². The van der Waals surface area contributed by atoms with Crippen molar-refractivity contribution in [3.63, 3.8) is 0 Å². The Bertz CT molecular complexity index is 1160. The van der Waals surface area contributed by atoms with Crippen molar-refractivity contribution >= 4 is 29.5 Å². The maximum Gasteiger partial charge on any atom is 0.349 e. The number of carbonyl (C=O) groups is 4. The highest BCUT2D eigenvalue weighted by Crippen LogP contribution is 2.18. The van der Waals surface area contributed by atoms with E-state index < -0.39 is 36.0 Å². The van der Waals surface area contributed by atoms with Crippen LogP contribution in [-0.2, 0) is 19.1 Å². The Kier molecular flexibility index (Phi) is 8.55. The molecule has 0 radical (unpaired) electrons. The van der Waals surface area contributed by atoms with Crippen molar-refractivity contribution in [2.75, 3.05) is 11.9 Å². The molecule has 0 saturated heterocycles. The fraction of sp³-hybridized carbons (Fsp3) is 0.154. The lowest BCUT2D eigenvalue weighted by Crippen LogP contribution is -2.48. The molecule has 3 aromatic rings. The van der Waals surface area contributed by atoms with Gasteiger partial charge in [-0.2, -0.15) is 0 Å². The highest BCUT2D eigenvalue weighted by Gasteiger charge is 2.41. The molecule has 0 aliphatic carbocycles. The second-order valence-corrected chi connectivity index (χ2v) is 7.17. The minimum absolute atomic E-state index is 0.0683. The van der Waals surface area contributed by atoms with Crippen molar-refractivity contribution in [2.45, 2.75) is 19.1 Å². The summed E-state index contributed by atoms with van der Waals surface area (Å²) in [7, 11) is 0. The van der Waals surface area contributed by atoms with Gasteiger partial charge in [-0.1, -0.05) is 36.4 Å². The van der Waals surface area contributed by atoms with Crippen LogP contribution in [0.4, 0.5) is 5.69 Å². The van der Waals surface area contributed by atoms with E-state index in [1.807, 2.05) is 6.92 Å². The van der Waals surface area contributed by atoms with Crippen LogP contribution in [-0.4, -0.2) is 47.7 Å². The van der Waals surface area contributed by atoms with E-state index in [9.17, 15) is 24.3 Å². The standard InChI is InChI=1S/C26H23NO8/c1-2-33-20-15-13-19(14-16-20)27-23(28)21(34-25(31)17-9-5-3-6-10-17)22(24(29)30)35-26(32)18-11-7-4-8-12-18/h3-16,21-22H,2H2,1H3,(H,27,28)(H,29,30)/t21-,22-/m0/s1. The number of amides is 1. The predicted octanol–water partition coefficient (Wildman–Crippen LogP) is 3.56. The molecule has 180 valence electrons. The molecule has 1 amide bonds. The van der Waals surface area contributed by atoms with Gasteiger partial charge in [0.05, 0.1) is 17.7 Å². The number of hydrogen-bond acceptors (Lipinski definition) is 7. The topological polar surface area (TPSA) is 128 Å². The van der Waals surface area contributed by atoms with E-state index in [2.05, 4.69) is 5.32 Å². The minimum Gasteiger partial charge on any atom is -0.494 e. The molecule has 9 heteroatoms. The van der Waals surface area contributed by atoms with Crippen LogP contribution in [0.5, 0.6) is 5.75 Å². The molecular weight excluding hydrogens is 454 g/mol. The summed E-state index contributed by atoms with van der Waals surface area (Å²) in [4.78, 5) is 50.3. The van der Waals surface area contributed by atoms with E-state index in [0.29, 0.717) is 12.4 Å². The number of benzene rings is 3. The van der Waals surface area contributed by atoms with Gasteiger partial charge in [-0.3, -0.25) is 4.79 Å². The zero-order valence-electron chi connectivity index (χ0n) is 18.7. The molecule has 0 spiro atoms. The molecule has 0 unspecified atom stereocenters. The number of esters is 2. The fourth-order valence-corrected chi connectivity index (χ4v) is 3.02. The van der Waals surface area contributed by atoms with Crippen molar-refractivity contribution in [2.24, 2.45) is 0 Å². The zero-order chi connectivity index (χ0) is 25.2. The maximum atomic E-state index is 13.1. The molecule has 2 atom stereocenters. The molecule has 0 fully saturated rings. The van der Waals surface area contributed by atoms with Crippen LogP contribution in [0.15, 0.2) is 84.9 Å². The number of anilines is 1. The second kappa shape index (κ2) is 12.0. The monoisotopic (exact) mass is 477 g/mol. The molecule has 3 aromatic carbocycles. The predicted molar refractivity (Wildman–Crippen MR) is 125 cm³/mol. The number of hydrogen-bond donors (Lipinski definition) is 2. The van der Waals surface area contributed by atoms with Gasteiger partial charge in [0.1, 0.15) is 5.75 Å². The SMILES string of the molecule is CCOc1ccc(NC(=O)[C@@H](OC(=O)c2ccccc2)[C@H](OC(=O)c2ccccc2)C(=O)O)cc1. The average molecular weight is 477 g/mol. The van der Waals surface area contributed by atoms with Crippen LogP contribution in [0.2, 0.25) is 0 Å². The molecule has 0 aromatic heterocycles. The summed E-state index contributed by atoms with van der Waals surface area (Å²) in [6, 6.07) is 21.6. The van der Waals surface area contributed by atoms with Crippen molar-refractivity contribution < 1.29 is 38.5 Å².